The van der Waals surface area contributed by atoms with Crippen molar-refractivity contribution in [1.29, 1.82) is 5.26 Å². The van der Waals surface area contributed by atoms with Crippen molar-refractivity contribution in [3.63, 3.8) is 0 Å². The lowest BCUT2D eigenvalue weighted by Gasteiger charge is -2.29. The molecule has 0 radical (unpaired) electrons. The quantitative estimate of drug-likeness (QED) is 0.256. The summed E-state index contributed by atoms with van der Waals surface area (Å²) in [5, 5.41) is 9.71. The Bertz CT molecular complexity index is 719. The second-order valence-corrected chi connectivity index (χ2v) is 11.6. The maximum Gasteiger partial charge on any atom is 0.137 e. The van der Waals surface area contributed by atoms with E-state index in [2.05, 4.69) is 38.1 Å². The van der Waals surface area contributed by atoms with Crippen molar-refractivity contribution >= 4 is 0 Å². The van der Waals surface area contributed by atoms with E-state index in [1.165, 1.54) is 115 Å². The largest absolute Gasteiger partial charge is 0.492 e. The zero-order valence-corrected chi connectivity index (χ0v) is 22.3. The van der Waals surface area contributed by atoms with Crippen LogP contribution >= 0.6 is 0 Å². The third-order valence-electron chi connectivity index (χ3n) is 8.83. The smallest absolute Gasteiger partial charge is 0.137 e. The maximum absolute atomic E-state index is 9.71. The fourth-order valence-electron chi connectivity index (χ4n) is 6.46. The lowest BCUT2D eigenvalue weighted by Crippen LogP contribution is -2.20. The van der Waals surface area contributed by atoms with E-state index in [9.17, 15) is 5.26 Å². The molecule has 0 unspecified atom stereocenters. The van der Waals surface area contributed by atoms with E-state index < -0.39 is 0 Å². The number of nitriles is 1. The zero-order chi connectivity index (χ0) is 24.0. The van der Waals surface area contributed by atoms with E-state index in [1.807, 2.05) is 0 Å². The van der Waals surface area contributed by atoms with Gasteiger partial charge in [-0.3, -0.25) is 0 Å². The zero-order valence-electron chi connectivity index (χ0n) is 22.3. The van der Waals surface area contributed by atoms with Gasteiger partial charge in [-0.25, -0.2) is 0 Å². The number of unbranched alkanes of at least 4 members (excludes halogenated alkanes) is 4. The van der Waals surface area contributed by atoms with Crippen LogP contribution in [0.4, 0.5) is 0 Å². The molecule has 2 saturated carbocycles. The second-order valence-electron chi connectivity index (χ2n) is 11.6. The Kier molecular flexibility index (Phi) is 12.4. The molecular weight excluding hydrogens is 414 g/mol. The second kappa shape index (κ2) is 15.5. The number of aryl methyl sites for hydroxylation is 1. The highest BCUT2D eigenvalue weighted by molar-refractivity contribution is 5.45. The molecule has 0 bridgehead atoms. The average Bonchev–Trinajstić information content (AvgIpc) is 2.88. The Balaban J connectivity index is 1.35. The van der Waals surface area contributed by atoms with Gasteiger partial charge in [-0.05, 0) is 67.1 Å². The van der Waals surface area contributed by atoms with Gasteiger partial charge in [0.15, 0.2) is 0 Å². The first-order valence-electron chi connectivity index (χ1n) is 14.9. The van der Waals surface area contributed by atoms with Crippen LogP contribution in [0.3, 0.4) is 0 Å². The minimum Gasteiger partial charge on any atom is -0.492 e. The van der Waals surface area contributed by atoms with Crippen LogP contribution < -0.4 is 4.74 Å². The first-order valence-corrected chi connectivity index (χ1v) is 14.9. The molecule has 2 aliphatic carbocycles. The van der Waals surface area contributed by atoms with Gasteiger partial charge in [-0.2, -0.15) is 5.26 Å². The van der Waals surface area contributed by atoms with Crippen molar-refractivity contribution in [2.45, 2.75) is 129 Å². The van der Waals surface area contributed by atoms with E-state index in [0.29, 0.717) is 5.92 Å². The van der Waals surface area contributed by atoms with Crippen molar-refractivity contribution in [1.82, 2.24) is 0 Å². The SMILES string of the molecule is CCCCCCCC1CCC(CCc2ccc(OCC3CCC(CCC)CC3)c(C#N)c2)CC1. The maximum atomic E-state index is 9.71. The van der Waals surface area contributed by atoms with E-state index in [-0.39, 0.29) is 0 Å². The molecule has 0 amide bonds. The molecular formula is C32H51NO. The molecule has 34 heavy (non-hydrogen) atoms. The molecule has 1 aromatic carbocycles. The lowest BCUT2D eigenvalue weighted by atomic mass is 9.77. The van der Waals surface area contributed by atoms with E-state index in [4.69, 9.17) is 4.74 Å². The van der Waals surface area contributed by atoms with Gasteiger partial charge in [0.1, 0.15) is 11.8 Å². The summed E-state index contributed by atoms with van der Waals surface area (Å²) < 4.78 is 6.16. The van der Waals surface area contributed by atoms with Gasteiger partial charge < -0.3 is 4.74 Å². The topological polar surface area (TPSA) is 33.0 Å². The summed E-state index contributed by atoms with van der Waals surface area (Å²) in [5.74, 6) is 4.25. The summed E-state index contributed by atoms with van der Waals surface area (Å²) in [6.45, 7) is 5.36. The number of hydrogen-bond donors (Lipinski definition) is 0. The molecule has 0 spiro atoms. The predicted molar refractivity (Wildman–Crippen MR) is 144 cm³/mol. The Morgan fingerprint density at radius 2 is 1.35 bits per heavy atom. The highest BCUT2D eigenvalue weighted by Crippen LogP contribution is 2.35. The Morgan fingerprint density at radius 3 is 2.00 bits per heavy atom. The van der Waals surface area contributed by atoms with Gasteiger partial charge >= 0.3 is 0 Å². The van der Waals surface area contributed by atoms with Crippen molar-refractivity contribution in [2.24, 2.45) is 23.7 Å². The molecule has 0 atom stereocenters. The third-order valence-corrected chi connectivity index (χ3v) is 8.83. The molecule has 0 saturated heterocycles. The van der Waals surface area contributed by atoms with E-state index in [0.717, 1.165) is 42.1 Å². The van der Waals surface area contributed by atoms with Crippen LogP contribution in [-0.4, -0.2) is 6.61 Å². The molecule has 0 aliphatic heterocycles. The summed E-state index contributed by atoms with van der Waals surface area (Å²) in [6.07, 6.45) is 24.6. The molecule has 190 valence electrons. The van der Waals surface area contributed by atoms with Crippen LogP contribution in [0.15, 0.2) is 18.2 Å². The third kappa shape index (κ3) is 9.28. The number of ether oxygens (including phenoxy) is 1. The molecule has 3 rings (SSSR count). The summed E-state index contributed by atoms with van der Waals surface area (Å²) in [4.78, 5) is 0. The summed E-state index contributed by atoms with van der Waals surface area (Å²) in [5.41, 5.74) is 2.03. The van der Waals surface area contributed by atoms with Gasteiger partial charge in [-0.15, -0.1) is 0 Å². The fraction of sp³-hybridized carbons (Fsp3) is 0.781. The van der Waals surface area contributed by atoms with Crippen LogP contribution in [-0.2, 0) is 6.42 Å². The van der Waals surface area contributed by atoms with Crippen LogP contribution in [0.5, 0.6) is 5.75 Å². The number of nitrogens with zero attached hydrogens (tertiary/aromatic N) is 1. The van der Waals surface area contributed by atoms with Gasteiger partial charge in [0, 0.05) is 0 Å². The van der Waals surface area contributed by atoms with Gasteiger partial charge in [0.25, 0.3) is 0 Å². The van der Waals surface area contributed by atoms with Crippen LogP contribution in [0.25, 0.3) is 0 Å². The molecule has 2 fully saturated rings. The van der Waals surface area contributed by atoms with Crippen LogP contribution in [0.2, 0.25) is 0 Å². The van der Waals surface area contributed by atoms with Gasteiger partial charge in [0.2, 0.25) is 0 Å². The fourth-order valence-corrected chi connectivity index (χ4v) is 6.46. The molecule has 1 aromatic rings. The van der Waals surface area contributed by atoms with Crippen molar-refractivity contribution < 1.29 is 4.74 Å². The molecule has 2 heteroatoms. The summed E-state index contributed by atoms with van der Waals surface area (Å²) >= 11 is 0. The first kappa shape index (κ1) is 27.1. The average molecular weight is 466 g/mol. The monoisotopic (exact) mass is 465 g/mol. The minimum atomic E-state index is 0.658. The normalized spacial score (nSPS) is 25.1. The minimum absolute atomic E-state index is 0.658. The van der Waals surface area contributed by atoms with Crippen LogP contribution in [0, 0.1) is 35.0 Å². The molecule has 0 N–H and O–H groups in total. The van der Waals surface area contributed by atoms with Gasteiger partial charge in [0.05, 0.1) is 12.2 Å². The molecule has 2 aliphatic rings. The summed E-state index contributed by atoms with van der Waals surface area (Å²) in [6, 6.07) is 8.76. The van der Waals surface area contributed by atoms with E-state index in [1.54, 1.807) is 0 Å². The van der Waals surface area contributed by atoms with Crippen molar-refractivity contribution in [2.75, 3.05) is 6.61 Å². The van der Waals surface area contributed by atoms with E-state index >= 15 is 0 Å². The number of rotatable bonds is 14. The molecule has 0 heterocycles. The van der Waals surface area contributed by atoms with Crippen LogP contribution in [0.1, 0.15) is 134 Å². The van der Waals surface area contributed by atoms with Gasteiger partial charge in [-0.1, -0.05) is 110 Å². The standard InChI is InChI=1S/C32H51NO/c1-3-5-6-7-8-10-27-11-13-28(14-12-27)15-18-29-21-22-32(31(23-29)24-33)34-25-30-19-16-26(9-4-2)17-20-30/h21-23,26-28,30H,3-20,25H2,1-2H3. The first-order chi connectivity index (χ1) is 16.7. The number of benzene rings is 1. The predicted octanol–water partition coefficient (Wildman–Crippen LogP) is 9.64. The highest BCUT2D eigenvalue weighted by Gasteiger charge is 2.22. The Labute approximate surface area is 210 Å². The van der Waals surface area contributed by atoms with Crippen molar-refractivity contribution in [3.05, 3.63) is 29.3 Å². The van der Waals surface area contributed by atoms with Crippen molar-refractivity contribution in [3.8, 4) is 11.8 Å². The highest BCUT2D eigenvalue weighted by atomic mass is 16.5. The Morgan fingerprint density at radius 1 is 0.735 bits per heavy atom. The summed E-state index contributed by atoms with van der Waals surface area (Å²) in [7, 11) is 0. The molecule has 0 aromatic heterocycles. The lowest BCUT2D eigenvalue weighted by molar-refractivity contribution is 0.178. The molecule has 2 nitrogen and oxygen atoms in total. The number of hydrogen-bond acceptors (Lipinski definition) is 2. The Hall–Kier alpha value is -1.49.